The highest BCUT2D eigenvalue weighted by Gasteiger charge is 2.58. The number of rotatable bonds is 9. The van der Waals surface area contributed by atoms with Crippen LogP contribution in [0.3, 0.4) is 0 Å². The van der Waals surface area contributed by atoms with E-state index in [9.17, 15) is 46.1 Å². The van der Waals surface area contributed by atoms with Crippen LogP contribution in [0.4, 0.5) is 26.3 Å². The van der Waals surface area contributed by atoms with Crippen LogP contribution in [0.2, 0.25) is 0 Å². The molecule has 0 aromatic heterocycles. The molecule has 6 nitrogen and oxygen atoms in total. The van der Waals surface area contributed by atoms with Crippen LogP contribution in [0, 0.1) is 29.1 Å². The van der Waals surface area contributed by atoms with Gasteiger partial charge in [-0.05, 0) is 77.6 Å². The molecule has 0 radical (unpaired) electrons. The van der Waals surface area contributed by atoms with Gasteiger partial charge in [0.25, 0.3) is 0 Å². The summed E-state index contributed by atoms with van der Waals surface area (Å²) in [6.07, 6.45) is -9.44. The molecule has 2 bridgehead atoms. The minimum absolute atomic E-state index is 0.0129. The van der Waals surface area contributed by atoms with Crippen molar-refractivity contribution < 1.29 is 55.6 Å². The van der Waals surface area contributed by atoms with Gasteiger partial charge < -0.3 is 19.7 Å². The summed E-state index contributed by atoms with van der Waals surface area (Å²) in [5, 5.41) is 19.4. The zero-order chi connectivity index (χ0) is 28.1. The Hall–Kier alpha value is -1.56. The van der Waals surface area contributed by atoms with E-state index in [2.05, 4.69) is 4.74 Å². The number of esters is 2. The molecular weight excluding hydrogens is 498 g/mol. The predicted octanol–water partition coefficient (Wildman–Crippen LogP) is 5.29. The van der Waals surface area contributed by atoms with E-state index in [0.29, 0.717) is 19.3 Å². The van der Waals surface area contributed by atoms with E-state index in [4.69, 9.17) is 4.74 Å². The largest absolute Gasteiger partial charge is 0.459 e. The lowest BCUT2D eigenvalue weighted by Gasteiger charge is -2.43. The summed E-state index contributed by atoms with van der Waals surface area (Å²) >= 11 is 0. The van der Waals surface area contributed by atoms with Crippen molar-refractivity contribution in [2.24, 2.45) is 29.1 Å². The molecule has 12 heteroatoms. The standard InChI is InChI=1S/C24H36F6O6/c1-7-20(4,12-17(31)35-22(6,34)24(28,29)30)18(32)36-19(2,3)16-10-13-8-14(15(16)9-13)11-21(5,33)23(25,26)27/h13-16,33-34H,7-12H2,1-6H3. The Morgan fingerprint density at radius 1 is 0.861 bits per heavy atom. The normalized spacial score (nSPS) is 29.7. The lowest BCUT2D eigenvalue weighted by atomic mass is 9.70. The Morgan fingerprint density at radius 2 is 1.42 bits per heavy atom. The molecule has 2 rings (SSSR count). The van der Waals surface area contributed by atoms with E-state index < -0.39 is 65.5 Å². The van der Waals surface area contributed by atoms with E-state index in [1.54, 1.807) is 13.8 Å². The number of hydrogen-bond donors (Lipinski definition) is 2. The van der Waals surface area contributed by atoms with Crippen LogP contribution in [0.1, 0.15) is 80.1 Å². The molecule has 2 aliphatic rings. The summed E-state index contributed by atoms with van der Waals surface area (Å²) in [7, 11) is 0. The summed E-state index contributed by atoms with van der Waals surface area (Å²) in [6, 6.07) is 0. The first kappa shape index (κ1) is 30.7. The minimum Gasteiger partial charge on any atom is -0.459 e. The summed E-state index contributed by atoms with van der Waals surface area (Å²) in [4.78, 5) is 25.3. The number of halogens is 6. The summed E-state index contributed by atoms with van der Waals surface area (Å²) in [5.74, 6) is -6.83. The van der Waals surface area contributed by atoms with E-state index in [0.717, 1.165) is 6.92 Å². The van der Waals surface area contributed by atoms with Crippen LogP contribution in [0.25, 0.3) is 0 Å². The lowest BCUT2D eigenvalue weighted by molar-refractivity contribution is -0.343. The van der Waals surface area contributed by atoms with Crippen molar-refractivity contribution in [1.29, 1.82) is 0 Å². The quantitative estimate of drug-likeness (QED) is 0.237. The number of alkyl halides is 6. The van der Waals surface area contributed by atoms with E-state index in [1.165, 1.54) is 13.8 Å². The van der Waals surface area contributed by atoms with Crippen molar-refractivity contribution in [2.75, 3.05) is 0 Å². The van der Waals surface area contributed by atoms with E-state index in [1.807, 2.05) is 0 Å². The molecule has 0 spiro atoms. The number of fused-ring (bicyclic) bond motifs is 2. The van der Waals surface area contributed by atoms with Gasteiger partial charge >= 0.3 is 30.1 Å². The van der Waals surface area contributed by atoms with Gasteiger partial charge in [-0.25, -0.2) is 0 Å². The maximum atomic E-state index is 13.2. The van der Waals surface area contributed by atoms with Gasteiger partial charge in [0.05, 0.1) is 11.8 Å². The van der Waals surface area contributed by atoms with Crippen molar-refractivity contribution in [3.63, 3.8) is 0 Å². The molecule has 2 fully saturated rings. The molecule has 210 valence electrons. The van der Waals surface area contributed by atoms with Crippen molar-refractivity contribution in [3.8, 4) is 0 Å². The van der Waals surface area contributed by atoms with Gasteiger partial charge in [-0.3, -0.25) is 9.59 Å². The van der Waals surface area contributed by atoms with Crippen LogP contribution in [0.5, 0.6) is 0 Å². The monoisotopic (exact) mass is 534 g/mol. The van der Waals surface area contributed by atoms with Crippen LogP contribution in [-0.2, 0) is 19.1 Å². The predicted molar refractivity (Wildman–Crippen MR) is 115 cm³/mol. The first-order valence-corrected chi connectivity index (χ1v) is 12.0. The Labute approximate surface area is 206 Å². The Morgan fingerprint density at radius 3 is 1.86 bits per heavy atom. The molecule has 36 heavy (non-hydrogen) atoms. The Bertz CT molecular complexity index is 834. The number of aliphatic hydroxyl groups is 2. The van der Waals surface area contributed by atoms with Crippen LogP contribution in [0.15, 0.2) is 0 Å². The molecule has 0 saturated heterocycles. The third-order valence-corrected chi connectivity index (χ3v) is 8.12. The second-order valence-electron chi connectivity index (χ2n) is 11.6. The smallest absolute Gasteiger partial charge is 0.455 e. The Kier molecular flexibility index (Phi) is 8.21. The molecule has 7 atom stereocenters. The van der Waals surface area contributed by atoms with E-state index >= 15 is 0 Å². The highest BCUT2D eigenvalue weighted by molar-refractivity contribution is 5.83. The zero-order valence-corrected chi connectivity index (χ0v) is 21.3. The first-order valence-electron chi connectivity index (χ1n) is 12.0. The number of hydrogen-bond acceptors (Lipinski definition) is 6. The van der Waals surface area contributed by atoms with Gasteiger partial charge in [0.15, 0.2) is 5.60 Å². The maximum absolute atomic E-state index is 13.2. The van der Waals surface area contributed by atoms with Gasteiger partial charge in [0.1, 0.15) is 5.60 Å². The van der Waals surface area contributed by atoms with Crippen molar-refractivity contribution in [1.82, 2.24) is 0 Å². The summed E-state index contributed by atoms with van der Waals surface area (Å²) in [6.45, 7) is 7.14. The van der Waals surface area contributed by atoms with Crippen LogP contribution in [-0.4, -0.2) is 51.5 Å². The summed E-state index contributed by atoms with van der Waals surface area (Å²) in [5.41, 5.74) is -5.55. The van der Waals surface area contributed by atoms with Crippen LogP contribution < -0.4 is 0 Å². The fourth-order valence-corrected chi connectivity index (χ4v) is 5.57. The highest BCUT2D eigenvalue weighted by Crippen LogP contribution is 2.58. The average Bonchev–Trinajstić information content (AvgIpc) is 3.25. The third kappa shape index (κ3) is 6.28. The van der Waals surface area contributed by atoms with Crippen molar-refractivity contribution >= 4 is 11.9 Å². The fraction of sp³-hybridized carbons (Fsp3) is 0.917. The second-order valence-corrected chi connectivity index (χ2v) is 11.6. The van der Waals surface area contributed by atoms with Gasteiger partial charge in [0, 0.05) is 12.8 Å². The molecule has 2 N–H and O–H groups in total. The van der Waals surface area contributed by atoms with Crippen molar-refractivity contribution in [3.05, 3.63) is 0 Å². The fourth-order valence-electron chi connectivity index (χ4n) is 5.57. The van der Waals surface area contributed by atoms with Gasteiger partial charge in [-0.1, -0.05) is 6.92 Å². The molecule has 7 unspecified atom stereocenters. The number of carbonyl (C=O) groups excluding carboxylic acids is 2. The molecular formula is C24H36F6O6. The Balaban J connectivity index is 2.12. The minimum atomic E-state index is -5.23. The first-order chi connectivity index (χ1) is 16.0. The van der Waals surface area contributed by atoms with Crippen molar-refractivity contribution in [2.45, 2.75) is 109 Å². The summed E-state index contributed by atoms with van der Waals surface area (Å²) < 4.78 is 88.2. The molecule has 2 saturated carbocycles. The number of carbonyl (C=O) groups is 2. The number of ether oxygens (including phenoxy) is 2. The molecule has 0 amide bonds. The highest BCUT2D eigenvalue weighted by atomic mass is 19.4. The molecule has 0 heterocycles. The van der Waals surface area contributed by atoms with E-state index in [-0.39, 0.29) is 31.1 Å². The molecule has 0 aromatic carbocycles. The zero-order valence-electron chi connectivity index (χ0n) is 21.3. The molecule has 2 aliphatic carbocycles. The molecule has 0 aromatic rings. The maximum Gasteiger partial charge on any atom is 0.455 e. The van der Waals surface area contributed by atoms with Crippen LogP contribution >= 0.6 is 0 Å². The molecule has 0 aliphatic heterocycles. The third-order valence-electron chi connectivity index (χ3n) is 8.12. The van der Waals surface area contributed by atoms with Gasteiger partial charge in [-0.2, -0.15) is 26.3 Å². The van der Waals surface area contributed by atoms with Gasteiger partial charge in [-0.15, -0.1) is 0 Å². The van der Waals surface area contributed by atoms with Gasteiger partial charge in [0.2, 0.25) is 0 Å². The average molecular weight is 535 g/mol. The second kappa shape index (κ2) is 9.63. The SMILES string of the molecule is CCC(C)(CC(=O)OC(C)(O)C(F)(F)F)C(=O)OC(C)(C)C1CC2CC(CC(C)(O)C(F)(F)F)C1C2. The lowest BCUT2D eigenvalue weighted by Crippen LogP contribution is -2.49. The topological polar surface area (TPSA) is 93.1 Å².